The summed E-state index contributed by atoms with van der Waals surface area (Å²) in [5.41, 5.74) is 0. The second-order valence-corrected chi connectivity index (χ2v) is 5.04. The van der Waals surface area contributed by atoms with Crippen LogP contribution in [0.2, 0.25) is 0 Å². The molecule has 0 aromatic heterocycles. The Balaban J connectivity index is 2.78. The first kappa shape index (κ1) is 13.2. The van der Waals surface area contributed by atoms with Gasteiger partial charge < -0.3 is 10.0 Å². The third kappa shape index (κ3) is 2.61. The number of hydrogen-bond donors (Lipinski definition) is 1. The van der Waals surface area contributed by atoms with Crippen LogP contribution in [0.4, 0.5) is 0 Å². The summed E-state index contributed by atoms with van der Waals surface area (Å²) < 4.78 is 0. The van der Waals surface area contributed by atoms with Gasteiger partial charge >= 0.3 is 0 Å². The zero-order valence-electron chi connectivity index (χ0n) is 10.4. The minimum atomic E-state index is -0.558. The first-order chi connectivity index (χ1) is 7.34. The van der Waals surface area contributed by atoms with Crippen molar-refractivity contribution in [2.75, 3.05) is 6.54 Å². The molecule has 0 unspecified atom stereocenters. The molecular formula is C12H21NO3. The van der Waals surface area contributed by atoms with Crippen molar-refractivity contribution in [1.82, 2.24) is 4.90 Å². The lowest BCUT2D eigenvalue weighted by Crippen LogP contribution is -2.43. The number of carbonyl (C=O) groups is 2. The Hall–Kier alpha value is -0.900. The van der Waals surface area contributed by atoms with Gasteiger partial charge in [0.2, 0.25) is 5.91 Å². The van der Waals surface area contributed by atoms with Crippen molar-refractivity contribution in [3.8, 4) is 0 Å². The largest absolute Gasteiger partial charge is 0.391 e. The Morgan fingerprint density at radius 3 is 2.31 bits per heavy atom. The van der Waals surface area contributed by atoms with E-state index in [9.17, 15) is 14.7 Å². The standard InChI is InChI=1S/C12H21NO3/c1-7(2)8(3)12(16)13-6-10(15)5-11(13)9(4)14/h7-8,10-11,15H,5-6H2,1-4H3/t8-,10+,11-/m0/s1. The summed E-state index contributed by atoms with van der Waals surface area (Å²) in [6.07, 6.45) is -0.177. The fourth-order valence-electron chi connectivity index (χ4n) is 1.99. The Morgan fingerprint density at radius 2 is 1.88 bits per heavy atom. The highest BCUT2D eigenvalue weighted by atomic mass is 16.3. The number of nitrogens with zero attached hydrogens (tertiary/aromatic N) is 1. The Kier molecular flexibility index (Phi) is 4.08. The molecule has 0 aromatic rings. The highest BCUT2D eigenvalue weighted by Gasteiger charge is 2.38. The van der Waals surface area contributed by atoms with E-state index < -0.39 is 12.1 Å². The number of likely N-dealkylation sites (tertiary alicyclic amines) is 1. The molecule has 1 fully saturated rings. The molecule has 0 saturated carbocycles. The van der Waals surface area contributed by atoms with Crippen LogP contribution in [0, 0.1) is 11.8 Å². The highest BCUT2D eigenvalue weighted by molar-refractivity contribution is 5.89. The zero-order valence-corrected chi connectivity index (χ0v) is 10.4. The number of β-amino-alcohol motifs (C(OH)–C–C–N with tert-alkyl or cyclic N) is 1. The lowest BCUT2D eigenvalue weighted by atomic mass is 9.96. The zero-order chi connectivity index (χ0) is 12.5. The Morgan fingerprint density at radius 1 is 1.31 bits per heavy atom. The van der Waals surface area contributed by atoms with Crippen LogP contribution in [-0.4, -0.2) is 40.4 Å². The molecule has 3 atom stereocenters. The van der Waals surface area contributed by atoms with E-state index in [1.807, 2.05) is 20.8 Å². The van der Waals surface area contributed by atoms with Crippen LogP contribution in [0.1, 0.15) is 34.1 Å². The first-order valence-corrected chi connectivity index (χ1v) is 5.83. The Bertz CT molecular complexity index is 288. The van der Waals surface area contributed by atoms with Crippen LogP contribution in [0.3, 0.4) is 0 Å². The topological polar surface area (TPSA) is 57.6 Å². The van der Waals surface area contributed by atoms with Crippen LogP contribution in [0.15, 0.2) is 0 Å². The summed E-state index contributed by atoms with van der Waals surface area (Å²) in [6, 6.07) is -0.427. The first-order valence-electron chi connectivity index (χ1n) is 5.83. The van der Waals surface area contributed by atoms with Gasteiger partial charge in [0, 0.05) is 18.9 Å². The van der Waals surface area contributed by atoms with E-state index in [1.165, 1.54) is 11.8 Å². The maximum Gasteiger partial charge on any atom is 0.226 e. The van der Waals surface area contributed by atoms with Crippen molar-refractivity contribution in [1.29, 1.82) is 0 Å². The predicted octanol–water partition coefficient (Wildman–Crippen LogP) is 0.829. The van der Waals surface area contributed by atoms with Gasteiger partial charge in [-0.1, -0.05) is 20.8 Å². The summed E-state index contributed by atoms with van der Waals surface area (Å²) in [7, 11) is 0. The normalized spacial score (nSPS) is 27.2. The number of aliphatic hydroxyl groups is 1. The molecule has 1 heterocycles. The second-order valence-electron chi connectivity index (χ2n) is 5.04. The van der Waals surface area contributed by atoms with Gasteiger partial charge in [-0.25, -0.2) is 0 Å². The van der Waals surface area contributed by atoms with E-state index in [1.54, 1.807) is 0 Å². The molecule has 0 spiro atoms. The van der Waals surface area contributed by atoms with Gasteiger partial charge in [0.05, 0.1) is 12.1 Å². The number of rotatable bonds is 3. The van der Waals surface area contributed by atoms with E-state index in [-0.39, 0.29) is 23.5 Å². The van der Waals surface area contributed by atoms with Gasteiger partial charge in [-0.2, -0.15) is 0 Å². The highest BCUT2D eigenvalue weighted by Crippen LogP contribution is 2.23. The lowest BCUT2D eigenvalue weighted by Gasteiger charge is -2.27. The van der Waals surface area contributed by atoms with E-state index in [2.05, 4.69) is 0 Å². The quantitative estimate of drug-likeness (QED) is 0.777. The summed E-state index contributed by atoms with van der Waals surface area (Å²) >= 11 is 0. The molecule has 1 N–H and O–H groups in total. The van der Waals surface area contributed by atoms with Crippen LogP contribution in [0.25, 0.3) is 0 Å². The van der Waals surface area contributed by atoms with Gasteiger partial charge in [0.1, 0.15) is 0 Å². The molecule has 1 aliphatic heterocycles. The molecule has 16 heavy (non-hydrogen) atoms. The minimum Gasteiger partial charge on any atom is -0.391 e. The lowest BCUT2D eigenvalue weighted by molar-refractivity contribution is -0.141. The molecule has 1 saturated heterocycles. The average Bonchev–Trinajstić information content (AvgIpc) is 2.58. The number of Topliss-reactive ketones (excluding diaryl/α,β-unsaturated/α-hetero) is 1. The van der Waals surface area contributed by atoms with E-state index in [0.29, 0.717) is 13.0 Å². The molecule has 4 heteroatoms. The van der Waals surface area contributed by atoms with Crippen molar-refractivity contribution in [3.63, 3.8) is 0 Å². The molecular weight excluding hydrogens is 206 g/mol. The van der Waals surface area contributed by atoms with Crippen LogP contribution < -0.4 is 0 Å². The van der Waals surface area contributed by atoms with E-state index >= 15 is 0 Å². The maximum absolute atomic E-state index is 12.1. The molecule has 1 aliphatic rings. The SMILES string of the molecule is CC(=O)[C@@H]1C[C@@H](O)CN1C(=O)[C@@H](C)C(C)C. The van der Waals surface area contributed by atoms with E-state index in [0.717, 1.165) is 0 Å². The molecule has 0 bridgehead atoms. The van der Waals surface area contributed by atoms with Crippen LogP contribution >= 0.6 is 0 Å². The van der Waals surface area contributed by atoms with Gasteiger partial charge in [0.25, 0.3) is 0 Å². The fourth-order valence-corrected chi connectivity index (χ4v) is 1.99. The third-order valence-corrected chi connectivity index (χ3v) is 3.42. The summed E-state index contributed by atoms with van der Waals surface area (Å²) in [5.74, 6) is 0.0811. The third-order valence-electron chi connectivity index (χ3n) is 3.42. The van der Waals surface area contributed by atoms with Crippen molar-refractivity contribution in [2.24, 2.45) is 11.8 Å². The summed E-state index contributed by atoms with van der Waals surface area (Å²) in [5, 5.41) is 9.54. The number of ketones is 1. The predicted molar refractivity (Wildman–Crippen MR) is 60.8 cm³/mol. The van der Waals surface area contributed by atoms with Gasteiger partial charge in [-0.05, 0) is 12.8 Å². The molecule has 0 aliphatic carbocycles. The molecule has 4 nitrogen and oxygen atoms in total. The van der Waals surface area contributed by atoms with Crippen molar-refractivity contribution < 1.29 is 14.7 Å². The molecule has 1 rings (SSSR count). The molecule has 92 valence electrons. The van der Waals surface area contributed by atoms with Crippen molar-refractivity contribution in [3.05, 3.63) is 0 Å². The smallest absolute Gasteiger partial charge is 0.226 e. The monoisotopic (exact) mass is 227 g/mol. The Labute approximate surface area is 96.6 Å². The maximum atomic E-state index is 12.1. The van der Waals surface area contributed by atoms with Gasteiger partial charge in [0.15, 0.2) is 5.78 Å². The number of aliphatic hydroxyl groups excluding tert-OH is 1. The molecule has 0 aromatic carbocycles. The van der Waals surface area contributed by atoms with Crippen LogP contribution in [0.5, 0.6) is 0 Å². The minimum absolute atomic E-state index is 0.0215. The van der Waals surface area contributed by atoms with Gasteiger partial charge in [-0.15, -0.1) is 0 Å². The van der Waals surface area contributed by atoms with E-state index in [4.69, 9.17) is 0 Å². The van der Waals surface area contributed by atoms with Crippen molar-refractivity contribution in [2.45, 2.75) is 46.3 Å². The summed E-state index contributed by atoms with van der Waals surface area (Å²) in [6.45, 7) is 7.60. The fraction of sp³-hybridized carbons (Fsp3) is 0.833. The van der Waals surface area contributed by atoms with Crippen LogP contribution in [-0.2, 0) is 9.59 Å². The molecule has 1 amide bonds. The second kappa shape index (κ2) is 4.95. The van der Waals surface area contributed by atoms with Crippen molar-refractivity contribution >= 4 is 11.7 Å². The average molecular weight is 227 g/mol. The number of carbonyl (C=O) groups excluding carboxylic acids is 2. The number of hydrogen-bond acceptors (Lipinski definition) is 3. The number of amides is 1. The summed E-state index contributed by atoms with van der Waals surface area (Å²) in [4.78, 5) is 25.0. The molecule has 0 radical (unpaired) electrons. The van der Waals surface area contributed by atoms with Gasteiger partial charge in [-0.3, -0.25) is 9.59 Å².